The molecule has 2 N–H and O–H groups in total. The number of aliphatic hydroxyl groups excluding tert-OH is 1. The second-order valence-electron chi connectivity index (χ2n) is 9.37. The maximum atomic E-state index is 10.6. The average Bonchev–Trinajstić information content (AvgIpc) is 2.62. The third kappa shape index (κ3) is 6.20. The molecule has 0 aromatic heterocycles. The Hall–Kier alpha value is -1.09. The molecule has 3 nitrogen and oxygen atoms in total. The van der Waals surface area contributed by atoms with E-state index in [1.807, 2.05) is 0 Å². The van der Waals surface area contributed by atoms with Gasteiger partial charge in [0.2, 0.25) is 0 Å². The fourth-order valence-corrected chi connectivity index (χ4v) is 5.26. The number of aliphatic carboxylic acids is 1. The lowest BCUT2D eigenvalue weighted by Gasteiger charge is -2.62. The fourth-order valence-electron chi connectivity index (χ4n) is 5.26. The van der Waals surface area contributed by atoms with Gasteiger partial charge in [-0.3, -0.25) is 4.79 Å². The first-order chi connectivity index (χ1) is 12.9. The standard InChI is InChI=1S/C24H40O3/c1-4-5-8-11-20(25)15-14-18-16-19-17-22(24(19,2)3)21(18)12-9-6-7-10-13-23(26)27/h6,9,14-15,18-22,25H,4-5,7-8,10-13,16-17H2,1-3H3,(H,26,27)/t18-,19-,20+,21+,22-/m0/s1. The molecule has 5 atom stereocenters. The first kappa shape index (κ1) is 22.2. The topological polar surface area (TPSA) is 57.5 Å². The lowest BCUT2D eigenvalue weighted by Crippen LogP contribution is -2.55. The molecule has 0 unspecified atom stereocenters. The van der Waals surface area contributed by atoms with Crippen LogP contribution in [0.1, 0.15) is 85.0 Å². The van der Waals surface area contributed by atoms with Crippen LogP contribution in [0.3, 0.4) is 0 Å². The maximum Gasteiger partial charge on any atom is 0.303 e. The van der Waals surface area contributed by atoms with Crippen molar-refractivity contribution in [3.05, 3.63) is 24.3 Å². The summed E-state index contributed by atoms with van der Waals surface area (Å²) in [4.78, 5) is 10.6. The van der Waals surface area contributed by atoms with Gasteiger partial charge in [0.1, 0.15) is 0 Å². The Labute approximate surface area is 165 Å². The Kier molecular flexibility index (Phi) is 8.60. The van der Waals surface area contributed by atoms with E-state index >= 15 is 0 Å². The zero-order chi connectivity index (χ0) is 19.9. The molecular weight excluding hydrogens is 336 g/mol. The van der Waals surface area contributed by atoms with E-state index in [0.717, 1.165) is 43.9 Å². The van der Waals surface area contributed by atoms with Crippen molar-refractivity contribution in [3.63, 3.8) is 0 Å². The van der Waals surface area contributed by atoms with Crippen molar-refractivity contribution < 1.29 is 15.0 Å². The molecule has 3 rings (SSSR count). The van der Waals surface area contributed by atoms with Gasteiger partial charge >= 0.3 is 5.97 Å². The molecule has 0 radical (unpaired) electrons. The van der Waals surface area contributed by atoms with Crippen LogP contribution in [0.25, 0.3) is 0 Å². The second kappa shape index (κ2) is 10.5. The van der Waals surface area contributed by atoms with Crippen molar-refractivity contribution >= 4 is 5.97 Å². The number of hydrogen-bond donors (Lipinski definition) is 2. The lowest BCUT2D eigenvalue weighted by molar-refractivity contribution is -0.137. The van der Waals surface area contributed by atoms with E-state index in [0.29, 0.717) is 17.3 Å². The number of hydrogen-bond acceptors (Lipinski definition) is 2. The highest BCUT2D eigenvalue weighted by atomic mass is 16.4. The highest BCUT2D eigenvalue weighted by Gasteiger charge is 2.56. The molecular formula is C24H40O3. The van der Waals surface area contributed by atoms with Crippen molar-refractivity contribution in [3.8, 4) is 0 Å². The van der Waals surface area contributed by atoms with Crippen LogP contribution in [-0.4, -0.2) is 22.3 Å². The Morgan fingerprint density at radius 1 is 1.19 bits per heavy atom. The monoisotopic (exact) mass is 376 g/mol. The predicted molar refractivity (Wildman–Crippen MR) is 112 cm³/mol. The van der Waals surface area contributed by atoms with Crippen molar-refractivity contribution in [2.75, 3.05) is 0 Å². The highest BCUT2D eigenvalue weighted by molar-refractivity contribution is 5.66. The summed E-state index contributed by atoms with van der Waals surface area (Å²) in [5, 5.41) is 19.0. The van der Waals surface area contributed by atoms with E-state index in [4.69, 9.17) is 5.11 Å². The molecule has 0 aliphatic heterocycles. The molecule has 3 saturated carbocycles. The molecule has 3 heteroatoms. The van der Waals surface area contributed by atoms with Crippen LogP contribution in [-0.2, 0) is 4.79 Å². The summed E-state index contributed by atoms with van der Waals surface area (Å²) >= 11 is 0. The number of allylic oxidation sites excluding steroid dienone is 3. The Morgan fingerprint density at radius 3 is 2.63 bits per heavy atom. The quantitative estimate of drug-likeness (QED) is 0.325. The van der Waals surface area contributed by atoms with Crippen LogP contribution in [0.2, 0.25) is 0 Å². The van der Waals surface area contributed by atoms with Crippen LogP contribution in [0.5, 0.6) is 0 Å². The molecule has 0 saturated heterocycles. The molecule has 3 aliphatic rings. The number of carboxylic acids is 1. The summed E-state index contributed by atoms with van der Waals surface area (Å²) in [6.07, 6.45) is 18.4. The van der Waals surface area contributed by atoms with Crippen LogP contribution in [0.15, 0.2) is 24.3 Å². The third-order valence-electron chi connectivity index (χ3n) is 7.19. The molecule has 154 valence electrons. The Balaban J connectivity index is 1.88. The number of unbranched alkanes of at least 4 members (excludes halogenated alkanes) is 3. The summed E-state index contributed by atoms with van der Waals surface area (Å²) < 4.78 is 0. The molecule has 3 aliphatic carbocycles. The molecule has 0 aromatic rings. The third-order valence-corrected chi connectivity index (χ3v) is 7.19. The van der Waals surface area contributed by atoms with Crippen LogP contribution >= 0.6 is 0 Å². The largest absolute Gasteiger partial charge is 0.481 e. The normalized spacial score (nSPS) is 30.5. The van der Waals surface area contributed by atoms with Gasteiger partial charge in [0.05, 0.1) is 6.10 Å². The molecule has 0 aromatic carbocycles. The minimum Gasteiger partial charge on any atom is -0.481 e. The summed E-state index contributed by atoms with van der Waals surface area (Å²) in [6, 6.07) is 0. The zero-order valence-corrected chi connectivity index (χ0v) is 17.6. The first-order valence-corrected chi connectivity index (χ1v) is 11.1. The Morgan fingerprint density at radius 2 is 1.96 bits per heavy atom. The van der Waals surface area contributed by atoms with Gasteiger partial charge in [-0.1, -0.05) is 64.3 Å². The van der Waals surface area contributed by atoms with Gasteiger partial charge in [-0.15, -0.1) is 0 Å². The van der Waals surface area contributed by atoms with E-state index in [1.165, 1.54) is 25.7 Å². The SMILES string of the molecule is CCCCC[C@@H](O)C=C[C@H]1C[C@H]2C[C@@H]([C@@H]1CC=CCCCC(=O)O)C2(C)C. The summed E-state index contributed by atoms with van der Waals surface area (Å²) in [5.41, 5.74) is 0.450. The van der Waals surface area contributed by atoms with Crippen LogP contribution in [0.4, 0.5) is 0 Å². The van der Waals surface area contributed by atoms with Gasteiger partial charge < -0.3 is 10.2 Å². The van der Waals surface area contributed by atoms with E-state index < -0.39 is 5.97 Å². The van der Waals surface area contributed by atoms with Gasteiger partial charge in [-0.05, 0) is 67.6 Å². The van der Waals surface area contributed by atoms with Gasteiger partial charge in [-0.2, -0.15) is 0 Å². The number of rotatable bonds is 12. The number of carboxylic acid groups (broad SMARTS) is 1. The number of carbonyl (C=O) groups is 1. The molecule has 0 amide bonds. The van der Waals surface area contributed by atoms with Gasteiger partial charge in [0.25, 0.3) is 0 Å². The lowest BCUT2D eigenvalue weighted by atomic mass is 9.43. The molecule has 0 heterocycles. The van der Waals surface area contributed by atoms with Gasteiger partial charge in [0.15, 0.2) is 0 Å². The second-order valence-corrected chi connectivity index (χ2v) is 9.37. The fraction of sp³-hybridized carbons (Fsp3) is 0.792. The molecule has 3 fully saturated rings. The molecule has 0 spiro atoms. The minimum absolute atomic E-state index is 0.256. The summed E-state index contributed by atoms with van der Waals surface area (Å²) in [5.74, 6) is 2.11. The van der Waals surface area contributed by atoms with E-state index in [-0.39, 0.29) is 12.5 Å². The Bertz CT molecular complexity index is 520. The smallest absolute Gasteiger partial charge is 0.303 e. The van der Waals surface area contributed by atoms with Crippen molar-refractivity contribution in [1.82, 2.24) is 0 Å². The maximum absolute atomic E-state index is 10.6. The van der Waals surface area contributed by atoms with Crippen LogP contribution in [0, 0.1) is 29.1 Å². The van der Waals surface area contributed by atoms with E-state index in [1.54, 1.807) is 0 Å². The van der Waals surface area contributed by atoms with Gasteiger partial charge in [-0.25, -0.2) is 0 Å². The van der Waals surface area contributed by atoms with Crippen molar-refractivity contribution in [2.45, 2.75) is 91.1 Å². The number of fused-ring (bicyclic) bond motifs is 2. The van der Waals surface area contributed by atoms with E-state index in [9.17, 15) is 9.90 Å². The van der Waals surface area contributed by atoms with Crippen molar-refractivity contribution in [1.29, 1.82) is 0 Å². The minimum atomic E-state index is -0.708. The molecule has 2 bridgehead atoms. The average molecular weight is 377 g/mol. The van der Waals surface area contributed by atoms with Crippen LogP contribution < -0.4 is 0 Å². The van der Waals surface area contributed by atoms with Gasteiger partial charge in [0, 0.05) is 6.42 Å². The van der Waals surface area contributed by atoms with Crippen molar-refractivity contribution in [2.24, 2.45) is 29.1 Å². The summed E-state index contributed by atoms with van der Waals surface area (Å²) in [7, 11) is 0. The summed E-state index contributed by atoms with van der Waals surface area (Å²) in [6.45, 7) is 7.04. The highest BCUT2D eigenvalue weighted by Crippen LogP contribution is 2.64. The first-order valence-electron chi connectivity index (χ1n) is 11.1. The predicted octanol–water partition coefficient (Wildman–Crippen LogP) is 5.98. The van der Waals surface area contributed by atoms with E-state index in [2.05, 4.69) is 45.1 Å². The molecule has 27 heavy (non-hydrogen) atoms. The number of aliphatic hydroxyl groups is 1. The zero-order valence-electron chi connectivity index (χ0n) is 17.6.